The molecule has 0 atom stereocenters. The molecule has 0 bridgehead atoms. The van der Waals surface area contributed by atoms with Gasteiger partial charge in [-0.1, -0.05) is 0 Å². The second-order valence-electron chi connectivity index (χ2n) is 10.7. The summed E-state index contributed by atoms with van der Waals surface area (Å²) in [5, 5.41) is 0. The first kappa shape index (κ1) is 28.1. The minimum Gasteiger partial charge on any atom is -0.331 e. The molecule has 26 heavy (non-hydrogen) atoms. The molecule has 160 valence electrons. The van der Waals surface area contributed by atoms with Gasteiger partial charge in [0.1, 0.15) is 0 Å². The molecular formula is C22H56N4+4. The maximum absolute atomic E-state index is 2.32. The summed E-state index contributed by atoms with van der Waals surface area (Å²) in [6.45, 7) is 19.5. The van der Waals surface area contributed by atoms with E-state index in [1.54, 1.807) is 0 Å². The van der Waals surface area contributed by atoms with Gasteiger partial charge in [-0.3, -0.25) is 0 Å². The quantitative estimate of drug-likeness (QED) is 0.459. The first-order valence-corrected chi connectivity index (χ1v) is 10.9. The Hall–Kier alpha value is -0.160. The van der Waals surface area contributed by atoms with Gasteiger partial charge in [0, 0.05) is 12.8 Å². The normalized spacial score (nSPS) is 13.4. The Morgan fingerprint density at radius 1 is 0.423 bits per heavy atom. The predicted octanol–water partition coefficient (Wildman–Crippen LogP) is 3.14. The van der Waals surface area contributed by atoms with Crippen molar-refractivity contribution in [3.63, 3.8) is 0 Å². The van der Waals surface area contributed by atoms with Crippen LogP contribution in [0, 0.1) is 0 Å². The van der Waals surface area contributed by atoms with Crippen molar-refractivity contribution in [1.29, 1.82) is 0 Å². The Bertz CT molecular complexity index is 325. The topological polar surface area (TPSA) is 0 Å². The van der Waals surface area contributed by atoms with Crippen LogP contribution in [0.4, 0.5) is 0 Å². The number of rotatable bonds is 12. The van der Waals surface area contributed by atoms with Crippen LogP contribution in [0.25, 0.3) is 0 Å². The third kappa shape index (κ3) is 16.0. The molecule has 0 heterocycles. The van der Waals surface area contributed by atoms with Gasteiger partial charge in [0.05, 0.1) is 109 Å². The van der Waals surface area contributed by atoms with Gasteiger partial charge in [-0.2, -0.15) is 0 Å². The van der Waals surface area contributed by atoms with Crippen LogP contribution >= 0.6 is 0 Å². The van der Waals surface area contributed by atoms with Gasteiger partial charge in [-0.25, -0.2) is 0 Å². The molecule has 0 amide bonds. The number of hydrogen-bond acceptors (Lipinski definition) is 0. The van der Waals surface area contributed by atoms with E-state index in [1.165, 1.54) is 69.7 Å². The minimum atomic E-state index is 1.09. The first-order valence-electron chi connectivity index (χ1n) is 10.9. The number of quaternary nitrogens is 4. The molecule has 0 aliphatic rings. The lowest BCUT2D eigenvalue weighted by Crippen LogP contribution is -2.49. The van der Waals surface area contributed by atoms with Crippen molar-refractivity contribution in [2.45, 2.75) is 40.5 Å². The van der Waals surface area contributed by atoms with Crippen LogP contribution in [-0.4, -0.2) is 127 Å². The van der Waals surface area contributed by atoms with Crippen molar-refractivity contribution in [2.75, 3.05) is 109 Å². The Morgan fingerprint density at radius 2 is 0.769 bits per heavy atom. The van der Waals surface area contributed by atoms with E-state index in [1.807, 2.05) is 0 Å². The van der Waals surface area contributed by atoms with Gasteiger partial charge in [-0.15, -0.1) is 0 Å². The molecule has 0 radical (unpaired) electrons. The summed E-state index contributed by atoms with van der Waals surface area (Å²) < 4.78 is 4.63. The van der Waals surface area contributed by atoms with Crippen LogP contribution in [0.5, 0.6) is 0 Å². The van der Waals surface area contributed by atoms with E-state index in [0.717, 1.165) is 13.4 Å². The van der Waals surface area contributed by atoms with Crippen LogP contribution < -0.4 is 0 Å². The third-order valence-electron chi connectivity index (χ3n) is 5.92. The summed E-state index contributed by atoms with van der Waals surface area (Å²) in [4.78, 5) is 0. The summed E-state index contributed by atoms with van der Waals surface area (Å²) in [6, 6.07) is 0. The Labute approximate surface area is 167 Å². The van der Waals surface area contributed by atoms with Gasteiger partial charge in [0.2, 0.25) is 0 Å². The molecule has 0 aromatic rings. The fourth-order valence-corrected chi connectivity index (χ4v) is 3.16. The van der Waals surface area contributed by atoms with Crippen molar-refractivity contribution >= 4 is 0 Å². The minimum absolute atomic E-state index is 1.09. The predicted molar refractivity (Wildman–Crippen MR) is 119 cm³/mol. The molecule has 0 unspecified atom stereocenters. The van der Waals surface area contributed by atoms with Crippen LogP contribution in [0.1, 0.15) is 40.5 Å². The van der Waals surface area contributed by atoms with Gasteiger partial charge in [-0.05, 0) is 27.7 Å². The molecule has 0 aliphatic carbocycles. The summed E-state index contributed by atoms with van der Waals surface area (Å²) >= 11 is 0. The van der Waals surface area contributed by atoms with Crippen molar-refractivity contribution in [3.8, 4) is 0 Å². The molecule has 0 fully saturated rings. The number of hydrogen-bond donors (Lipinski definition) is 0. The van der Waals surface area contributed by atoms with Crippen LogP contribution in [0.2, 0.25) is 0 Å². The van der Waals surface area contributed by atoms with E-state index in [2.05, 4.69) is 84.1 Å². The van der Waals surface area contributed by atoms with Crippen molar-refractivity contribution in [1.82, 2.24) is 0 Å². The lowest BCUT2D eigenvalue weighted by Gasteiger charge is -2.36. The molecule has 4 heteroatoms. The van der Waals surface area contributed by atoms with Gasteiger partial charge in [0.15, 0.2) is 0 Å². The van der Waals surface area contributed by atoms with E-state index < -0.39 is 0 Å². The Kier molecular flexibility index (Phi) is 13.3. The highest BCUT2D eigenvalue weighted by molar-refractivity contribution is 4.40. The second kappa shape index (κ2) is 12.3. The van der Waals surface area contributed by atoms with Crippen LogP contribution in [0.15, 0.2) is 0 Å². The van der Waals surface area contributed by atoms with E-state index in [-0.39, 0.29) is 0 Å². The molecular weight excluding hydrogens is 320 g/mol. The van der Waals surface area contributed by atoms with Gasteiger partial charge in [0.25, 0.3) is 0 Å². The molecule has 0 rings (SSSR count). The van der Waals surface area contributed by atoms with E-state index >= 15 is 0 Å². The fourth-order valence-electron chi connectivity index (χ4n) is 3.16. The van der Waals surface area contributed by atoms with Crippen molar-refractivity contribution in [2.24, 2.45) is 0 Å². The summed E-state index contributed by atoms with van der Waals surface area (Å²) in [5.74, 6) is 0. The smallest absolute Gasteiger partial charge is 0.0840 e. The maximum atomic E-state index is 2.32. The number of nitrogens with zero attached hydrogens (tertiary/aromatic N) is 4. The highest BCUT2D eigenvalue weighted by Gasteiger charge is 2.21. The highest BCUT2D eigenvalue weighted by Crippen LogP contribution is 2.08. The average Bonchev–Trinajstić information content (AvgIpc) is 2.50. The van der Waals surface area contributed by atoms with Gasteiger partial charge >= 0.3 is 0 Å². The lowest BCUT2D eigenvalue weighted by atomic mass is 10.2. The zero-order valence-corrected chi connectivity index (χ0v) is 20.9. The van der Waals surface area contributed by atoms with E-state index in [4.69, 9.17) is 0 Å². The molecule has 4 nitrogen and oxygen atoms in total. The average molecular weight is 377 g/mol. The molecule has 0 saturated heterocycles. The largest absolute Gasteiger partial charge is 0.331 e. The molecule has 0 N–H and O–H groups in total. The zero-order valence-electron chi connectivity index (χ0n) is 20.9. The summed E-state index contributed by atoms with van der Waals surface area (Å²) in [6.07, 6.45) is 2.67. The first-order chi connectivity index (χ1) is 11.7. The standard InChI is InChI=1S/C12H30N2.C10H26N2/c1-7-14(8-2,9-3)12-10-11-13(4,5)6;1-7-12(5,6)10-8-9-11(2,3)4/h7-12H2,1-6H3;7-10H2,1-6H3/q2*+2. The van der Waals surface area contributed by atoms with Crippen molar-refractivity contribution in [3.05, 3.63) is 0 Å². The van der Waals surface area contributed by atoms with Crippen LogP contribution in [-0.2, 0) is 0 Å². The molecule has 0 aromatic carbocycles. The molecule has 0 saturated carbocycles. The SMILES string of the molecule is CC[N+](C)(C)CCC[N+](C)(C)C.CC[N+](CC)(CC)CCC[N+](C)(C)C. The fraction of sp³-hybridized carbons (Fsp3) is 1.00. The molecule has 0 aliphatic heterocycles. The molecule has 0 aromatic heterocycles. The third-order valence-corrected chi connectivity index (χ3v) is 5.92. The summed E-state index contributed by atoms with van der Waals surface area (Å²) in [5.41, 5.74) is 0. The maximum Gasteiger partial charge on any atom is 0.0840 e. The van der Waals surface area contributed by atoms with E-state index in [9.17, 15) is 0 Å². The molecule has 0 spiro atoms. The van der Waals surface area contributed by atoms with Crippen LogP contribution in [0.3, 0.4) is 0 Å². The monoisotopic (exact) mass is 376 g/mol. The summed E-state index contributed by atoms with van der Waals surface area (Å²) in [7, 11) is 18.2. The second-order valence-corrected chi connectivity index (χ2v) is 10.7. The Morgan fingerprint density at radius 3 is 1.04 bits per heavy atom. The zero-order chi connectivity index (χ0) is 21.1. The van der Waals surface area contributed by atoms with Gasteiger partial charge < -0.3 is 17.9 Å². The van der Waals surface area contributed by atoms with E-state index in [0.29, 0.717) is 0 Å². The highest BCUT2D eigenvalue weighted by atomic mass is 15.3. The van der Waals surface area contributed by atoms with Crippen molar-refractivity contribution < 1.29 is 17.9 Å². The Balaban J connectivity index is 0. The lowest BCUT2D eigenvalue weighted by molar-refractivity contribution is -0.929.